The zero-order valence-electron chi connectivity index (χ0n) is 8.18. The SMILES string of the molecule is CCCNc1c(I)cc(C(=O)O)cc1I. The molecule has 0 aliphatic heterocycles. The molecule has 0 fully saturated rings. The van der Waals surface area contributed by atoms with Crippen molar-refractivity contribution < 1.29 is 9.90 Å². The second-order valence-corrected chi connectivity index (χ2v) is 5.37. The van der Waals surface area contributed by atoms with E-state index >= 15 is 0 Å². The van der Waals surface area contributed by atoms with Crippen molar-refractivity contribution in [3.05, 3.63) is 24.8 Å². The van der Waals surface area contributed by atoms with Crippen LogP contribution in [-0.4, -0.2) is 17.6 Å². The number of rotatable bonds is 4. The molecule has 0 aromatic heterocycles. The van der Waals surface area contributed by atoms with Crippen molar-refractivity contribution in [3.8, 4) is 0 Å². The molecule has 0 aliphatic rings. The van der Waals surface area contributed by atoms with Crippen molar-refractivity contribution in [1.82, 2.24) is 0 Å². The number of carboxylic acids is 1. The summed E-state index contributed by atoms with van der Waals surface area (Å²) in [5.41, 5.74) is 1.37. The summed E-state index contributed by atoms with van der Waals surface area (Å²) >= 11 is 4.31. The lowest BCUT2D eigenvalue weighted by Gasteiger charge is -2.10. The normalized spacial score (nSPS) is 10.1. The second kappa shape index (κ2) is 5.88. The predicted molar refractivity (Wildman–Crippen MR) is 77.6 cm³/mol. The largest absolute Gasteiger partial charge is 0.478 e. The third kappa shape index (κ3) is 3.47. The van der Waals surface area contributed by atoms with Gasteiger partial charge in [-0.05, 0) is 63.7 Å². The van der Waals surface area contributed by atoms with E-state index in [0.29, 0.717) is 5.56 Å². The Morgan fingerprint density at radius 2 is 1.93 bits per heavy atom. The molecule has 1 rings (SSSR count). The number of aromatic carboxylic acids is 1. The van der Waals surface area contributed by atoms with E-state index in [2.05, 4.69) is 57.4 Å². The summed E-state index contributed by atoms with van der Waals surface area (Å²) in [4.78, 5) is 10.8. The van der Waals surface area contributed by atoms with E-state index in [4.69, 9.17) is 5.11 Å². The zero-order valence-corrected chi connectivity index (χ0v) is 12.5. The molecule has 0 amide bonds. The molecule has 0 atom stereocenters. The molecule has 1 aromatic rings. The Balaban J connectivity index is 3.04. The molecule has 0 spiro atoms. The summed E-state index contributed by atoms with van der Waals surface area (Å²) < 4.78 is 1.90. The van der Waals surface area contributed by atoms with Crippen LogP contribution < -0.4 is 5.32 Å². The third-order valence-corrected chi connectivity index (χ3v) is 3.54. The van der Waals surface area contributed by atoms with Crippen LogP contribution in [0, 0.1) is 7.14 Å². The Morgan fingerprint density at radius 1 is 1.40 bits per heavy atom. The van der Waals surface area contributed by atoms with Crippen molar-refractivity contribution in [2.24, 2.45) is 0 Å². The van der Waals surface area contributed by atoms with E-state index in [0.717, 1.165) is 25.8 Å². The minimum atomic E-state index is -0.882. The molecule has 0 heterocycles. The summed E-state index contributed by atoms with van der Waals surface area (Å²) in [6.07, 6.45) is 1.05. The molecule has 1 aromatic carbocycles. The van der Waals surface area contributed by atoms with Gasteiger partial charge in [0, 0.05) is 13.7 Å². The molecular formula is C10H11I2NO2. The van der Waals surface area contributed by atoms with Gasteiger partial charge in [-0.1, -0.05) is 6.92 Å². The van der Waals surface area contributed by atoms with Crippen LogP contribution in [0.4, 0.5) is 5.69 Å². The van der Waals surface area contributed by atoms with Crippen LogP contribution >= 0.6 is 45.2 Å². The van der Waals surface area contributed by atoms with Crippen LogP contribution in [0.1, 0.15) is 23.7 Å². The lowest BCUT2D eigenvalue weighted by molar-refractivity contribution is 0.0697. The van der Waals surface area contributed by atoms with Gasteiger partial charge in [0.15, 0.2) is 0 Å². The molecule has 0 saturated heterocycles. The van der Waals surface area contributed by atoms with Gasteiger partial charge in [-0.15, -0.1) is 0 Å². The summed E-state index contributed by atoms with van der Waals surface area (Å²) in [5, 5.41) is 12.2. The highest BCUT2D eigenvalue weighted by Crippen LogP contribution is 2.26. The summed E-state index contributed by atoms with van der Waals surface area (Å²) in [7, 11) is 0. The van der Waals surface area contributed by atoms with E-state index in [9.17, 15) is 4.79 Å². The van der Waals surface area contributed by atoms with Gasteiger partial charge in [-0.2, -0.15) is 0 Å². The Kier molecular flexibility index (Phi) is 5.10. The Bertz CT molecular complexity index is 357. The number of nitrogens with one attached hydrogen (secondary N) is 1. The van der Waals surface area contributed by atoms with Gasteiger partial charge in [-0.25, -0.2) is 4.79 Å². The van der Waals surface area contributed by atoms with Crippen molar-refractivity contribution in [3.63, 3.8) is 0 Å². The van der Waals surface area contributed by atoms with Gasteiger partial charge >= 0.3 is 5.97 Å². The average Bonchev–Trinajstić information content (AvgIpc) is 2.16. The monoisotopic (exact) mass is 431 g/mol. The zero-order chi connectivity index (χ0) is 11.4. The van der Waals surface area contributed by atoms with Crippen LogP contribution in [0.3, 0.4) is 0 Å². The highest BCUT2D eigenvalue weighted by molar-refractivity contribution is 14.1. The predicted octanol–water partition coefficient (Wildman–Crippen LogP) is 3.42. The van der Waals surface area contributed by atoms with Gasteiger partial charge in [0.25, 0.3) is 0 Å². The first-order chi connectivity index (χ1) is 7.06. The fourth-order valence-corrected chi connectivity index (χ4v) is 3.26. The molecule has 2 N–H and O–H groups in total. The van der Waals surface area contributed by atoms with Crippen LogP contribution in [0.25, 0.3) is 0 Å². The van der Waals surface area contributed by atoms with Crippen molar-refractivity contribution >= 4 is 56.8 Å². The molecule has 0 aliphatic carbocycles. The van der Waals surface area contributed by atoms with Gasteiger partial charge in [-0.3, -0.25) is 0 Å². The van der Waals surface area contributed by atoms with Crippen LogP contribution in [0.2, 0.25) is 0 Å². The van der Waals surface area contributed by atoms with Crippen LogP contribution in [0.15, 0.2) is 12.1 Å². The van der Waals surface area contributed by atoms with Crippen molar-refractivity contribution in [2.75, 3.05) is 11.9 Å². The van der Waals surface area contributed by atoms with Crippen molar-refractivity contribution in [1.29, 1.82) is 0 Å². The van der Waals surface area contributed by atoms with E-state index in [-0.39, 0.29) is 0 Å². The number of benzene rings is 1. The quantitative estimate of drug-likeness (QED) is 0.719. The number of hydrogen-bond donors (Lipinski definition) is 2. The molecule has 0 radical (unpaired) electrons. The summed E-state index contributed by atoms with van der Waals surface area (Å²) in [6, 6.07) is 3.37. The molecule has 3 nitrogen and oxygen atoms in total. The minimum Gasteiger partial charge on any atom is -0.478 e. The standard InChI is InChI=1S/C10H11I2NO2/c1-2-3-13-9-7(11)4-6(10(14)15)5-8(9)12/h4-5,13H,2-3H2,1H3,(H,14,15). The van der Waals surface area contributed by atoms with Crippen molar-refractivity contribution in [2.45, 2.75) is 13.3 Å². The Hall–Kier alpha value is -0.0500. The maximum absolute atomic E-state index is 10.8. The van der Waals surface area contributed by atoms with Gasteiger partial charge < -0.3 is 10.4 Å². The number of anilines is 1. The highest BCUT2D eigenvalue weighted by Gasteiger charge is 2.10. The molecule has 15 heavy (non-hydrogen) atoms. The fourth-order valence-electron chi connectivity index (χ4n) is 1.12. The van der Waals surface area contributed by atoms with E-state index in [1.54, 1.807) is 12.1 Å². The lowest BCUT2D eigenvalue weighted by Crippen LogP contribution is -2.06. The molecule has 0 bridgehead atoms. The third-order valence-electron chi connectivity index (χ3n) is 1.84. The molecular weight excluding hydrogens is 420 g/mol. The Labute approximate surface area is 116 Å². The topological polar surface area (TPSA) is 49.3 Å². The van der Waals surface area contributed by atoms with Crippen LogP contribution in [-0.2, 0) is 0 Å². The lowest BCUT2D eigenvalue weighted by atomic mass is 10.2. The molecule has 5 heteroatoms. The highest BCUT2D eigenvalue weighted by atomic mass is 127. The Morgan fingerprint density at radius 3 is 2.33 bits per heavy atom. The minimum absolute atomic E-state index is 0.339. The summed E-state index contributed by atoms with van der Waals surface area (Å²) in [6.45, 7) is 3.00. The maximum atomic E-state index is 10.8. The van der Waals surface area contributed by atoms with Gasteiger partial charge in [0.05, 0.1) is 11.3 Å². The molecule has 0 saturated carbocycles. The smallest absolute Gasteiger partial charge is 0.335 e. The maximum Gasteiger partial charge on any atom is 0.335 e. The first-order valence-corrected chi connectivity index (χ1v) is 6.68. The first kappa shape index (κ1) is 13.0. The number of halogens is 2. The summed E-state index contributed by atoms with van der Waals surface area (Å²) in [5.74, 6) is -0.882. The number of carbonyl (C=O) groups is 1. The molecule has 0 unspecified atom stereocenters. The molecule has 82 valence electrons. The average molecular weight is 431 g/mol. The van der Waals surface area contributed by atoms with Crippen LogP contribution in [0.5, 0.6) is 0 Å². The van der Waals surface area contributed by atoms with Gasteiger partial charge in [0.1, 0.15) is 0 Å². The second-order valence-electron chi connectivity index (χ2n) is 3.05. The first-order valence-electron chi connectivity index (χ1n) is 4.52. The van der Waals surface area contributed by atoms with E-state index in [1.807, 2.05) is 0 Å². The number of carboxylic acid groups (broad SMARTS) is 1. The van der Waals surface area contributed by atoms with Gasteiger partial charge in [0.2, 0.25) is 0 Å². The van der Waals surface area contributed by atoms with E-state index < -0.39 is 5.97 Å². The fraction of sp³-hybridized carbons (Fsp3) is 0.300. The van der Waals surface area contributed by atoms with E-state index in [1.165, 1.54) is 0 Å². The number of hydrogen-bond acceptors (Lipinski definition) is 2.